The monoisotopic (exact) mass is 605 g/mol. The first-order valence-corrected chi connectivity index (χ1v) is 15.2. The number of rotatable bonds is 9. The molecule has 3 aromatic rings. The van der Waals surface area contributed by atoms with Gasteiger partial charge in [-0.05, 0) is 55.9 Å². The van der Waals surface area contributed by atoms with Crippen LogP contribution in [0.5, 0.6) is 5.75 Å². The van der Waals surface area contributed by atoms with E-state index in [2.05, 4.69) is 9.62 Å². The van der Waals surface area contributed by atoms with E-state index in [4.69, 9.17) is 27.9 Å². The number of nitrogens with one attached hydrogen (secondary N) is 1. The van der Waals surface area contributed by atoms with Crippen LogP contribution in [0.2, 0.25) is 10.0 Å². The average molecular weight is 607 g/mol. The summed E-state index contributed by atoms with van der Waals surface area (Å²) in [4.78, 5) is 17.5. The molecule has 0 fully saturated rings. The van der Waals surface area contributed by atoms with Crippen LogP contribution in [0.1, 0.15) is 29.8 Å². The molecule has 1 aliphatic heterocycles. The highest BCUT2D eigenvalue weighted by Gasteiger charge is 2.35. The SMILES string of the molecule is C[C@H](CO)N1C[C@H](C)[C@H](CN(C)Cc2ccc(Cl)c(Cl)c2)Oc2c(NS(=O)(=O)c3ccccc3)cccc2C1=O. The number of halogens is 2. The molecule has 11 heteroatoms. The van der Waals surface area contributed by atoms with E-state index in [1.165, 1.54) is 12.1 Å². The number of ether oxygens (including phenoxy) is 1. The van der Waals surface area contributed by atoms with Gasteiger partial charge in [-0.25, -0.2) is 8.42 Å². The van der Waals surface area contributed by atoms with Crippen molar-refractivity contribution in [2.75, 3.05) is 31.5 Å². The molecule has 3 aromatic carbocycles. The quantitative estimate of drug-likeness (QED) is 0.350. The number of likely N-dealkylation sites (N-methyl/N-ethyl adjacent to an activating group) is 1. The Morgan fingerprint density at radius 1 is 1.10 bits per heavy atom. The van der Waals surface area contributed by atoms with Gasteiger partial charge in [0, 0.05) is 25.6 Å². The maximum Gasteiger partial charge on any atom is 0.262 e. The minimum Gasteiger partial charge on any atom is -0.486 e. The van der Waals surface area contributed by atoms with Crippen molar-refractivity contribution in [3.05, 3.63) is 87.9 Å². The van der Waals surface area contributed by atoms with E-state index in [1.54, 1.807) is 54.3 Å². The fraction of sp³-hybridized carbons (Fsp3) is 0.345. The van der Waals surface area contributed by atoms with Crippen LogP contribution in [0.15, 0.2) is 71.6 Å². The van der Waals surface area contributed by atoms with Crippen LogP contribution in [0.25, 0.3) is 0 Å². The van der Waals surface area contributed by atoms with Gasteiger partial charge < -0.3 is 14.7 Å². The van der Waals surface area contributed by atoms with Crippen LogP contribution in [-0.4, -0.2) is 68.1 Å². The number of benzene rings is 3. The zero-order valence-electron chi connectivity index (χ0n) is 22.6. The van der Waals surface area contributed by atoms with Gasteiger partial charge in [-0.3, -0.25) is 14.4 Å². The summed E-state index contributed by atoms with van der Waals surface area (Å²) < 4.78 is 35.5. The van der Waals surface area contributed by atoms with Crippen molar-refractivity contribution in [3.63, 3.8) is 0 Å². The van der Waals surface area contributed by atoms with Crippen LogP contribution >= 0.6 is 23.2 Å². The molecule has 0 aromatic heterocycles. The van der Waals surface area contributed by atoms with Crippen LogP contribution in [0, 0.1) is 5.92 Å². The van der Waals surface area contributed by atoms with Crippen LogP contribution < -0.4 is 9.46 Å². The second kappa shape index (κ2) is 12.8. The summed E-state index contributed by atoms with van der Waals surface area (Å²) in [5.41, 5.74) is 1.35. The highest BCUT2D eigenvalue weighted by molar-refractivity contribution is 7.92. The molecule has 0 spiro atoms. The summed E-state index contributed by atoms with van der Waals surface area (Å²) >= 11 is 12.3. The summed E-state index contributed by atoms with van der Waals surface area (Å²) in [5.74, 6) is -0.338. The molecule has 0 saturated carbocycles. The first kappa shape index (κ1) is 30.1. The van der Waals surface area contributed by atoms with E-state index in [0.717, 1.165) is 5.56 Å². The molecule has 1 amide bonds. The third kappa shape index (κ3) is 6.90. The van der Waals surface area contributed by atoms with E-state index in [1.807, 2.05) is 26.1 Å². The molecule has 0 unspecified atom stereocenters. The molecule has 0 bridgehead atoms. The fourth-order valence-electron chi connectivity index (χ4n) is 4.67. The maximum absolute atomic E-state index is 13.7. The van der Waals surface area contributed by atoms with Gasteiger partial charge in [0.15, 0.2) is 5.75 Å². The standard InChI is InChI=1S/C29H33Cl2N3O5S/c1-19-15-34(20(2)18-35)29(36)23-10-7-11-26(32-40(37,38)22-8-5-4-6-9-22)28(23)39-27(19)17-33(3)16-21-12-13-24(30)25(31)14-21/h4-14,19-20,27,32,35H,15-18H2,1-3H3/t19-,20+,27-/m0/s1. The number of anilines is 1. The number of fused-ring (bicyclic) bond motifs is 1. The van der Waals surface area contributed by atoms with Crippen LogP contribution in [0.4, 0.5) is 5.69 Å². The lowest BCUT2D eigenvalue weighted by molar-refractivity contribution is 0.0344. The number of sulfonamides is 1. The molecule has 0 saturated heterocycles. The number of nitrogens with zero attached hydrogens (tertiary/aromatic N) is 2. The Kier molecular flexibility index (Phi) is 9.64. The molecule has 214 valence electrons. The largest absolute Gasteiger partial charge is 0.486 e. The second-order valence-electron chi connectivity index (χ2n) is 10.2. The molecule has 8 nitrogen and oxygen atoms in total. The lowest BCUT2D eigenvalue weighted by Crippen LogP contribution is -2.49. The Balaban J connectivity index is 1.70. The molecule has 4 rings (SSSR count). The lowest BCUT2D eigenvalue weighted by Gasteiger charge is -2.38. The smallest absolute Gasteiger partial charge is 0.262 e. The Labute approximate surface area is 245 Å². The van der Waals surface area contributed by atoms with Crippen molar-refractivity contribution in [3.8, 4) is 5.75 Å². The summed E-state index contributed by atoms with van der Waals surface area (Å²) in [5, 5.41) is 10.9. The number of hydrogen-bond donors (Lipinski definition) is 2. The van der Waals surface area contributed by atoms with Gasteiger partial charge in [-0.15, -0.1) is 0 Å². The Hall–Kier alpha value is -2.82. The first-order valence-electron chi connectivity index (χ1n) is 12.9. The molecular formula is C29H33Cl2N3O5S. The number of aliphatic hydroxyl groups excluding tert-OH is 1. The zero-order valence-corrected chi connectivity index (χ0v) is 24.9. The Morgan fingerprint density at radius 3 is 2.50 bits per heavy atom. The van der Waals surface area contributed by atoms with E-state index in [-0.39, 0.29) is 40.3 Å². The minimum atomic E-state index is -3.95. The van der Waals surface area contributed by atoms with Gasteiger partial charge >= 0.3 is 0 Å². The highest BCUT2D eigenvalue weighted by atomic mass is 35.5. The Bertz CT molecular complexity index is 1460. The van der Waals surface area contributed by atoms with Crippen molar-refractivity contribution in [1.82, 2.24) is 9.80 Å². The van der Waals surface area contributed by atoms with E-state index in [0.29, 0.717) is 29.7 Å². The van der Waals surface area contributed by atoms with Gasteiger partial charge in [-0.1, -0.05) is 60.5 Å². The van der Waals surface area contributed by atoms with Crippen molar-refractivity contribution < 1.29 is 23.1 Å². The van der Waals surface area contributed by atoms with E-state index >= 15 is 0 Å². The Morgan fingerprint density at radius 2 is 1.82 bits per heavy atom. The topological polar surface area (TPSA) is 99.2 Å². The van der Waals surface area contributed by atoms with E-state index < -0.39 is 22.2 Å². The third-order valence-corrected chi connectivity index (χ3v) is 9.04. The van der Waals surface area contributed by atoms with Gasteiger partial charge in [0.1, 0.15) is 6.10 Å². The molecule has 0 radical (unpaired) electrons. The summed E-state index contributed by atoms with van der Waals surface area (Å²) in [7, 11) is -2.00. The van der Waals surface area contributed by atoms with Crippen molar-refractivity contribution in [1.29, 1.82) is 0 Å². The van der Waals surface area contributed by atoms with Crippen molar-refractivity contribution >= 4 is 44.8 Å². The normalized spacial score (nSPS) is 18.5. The maximum atomic E-state index is 13.7. The number of hydrogen-bond acceptors (Lipinski definition) is 6. The fourth-order valence-corrected chi connectivity index (χ4v) is 6.07. The second-order valence-corrected chi connectivity index (χ2v) is 12.7. The molecular weight excluding hydrogens is 573 g/mol. The van der Waals surface area contributed by atoms with Crippen LogP contribution in [0.3, 0.4) is 0 Å². The highest BCUT2D eigenvalue weighted by Crippen LogP contribution is 2.36. The van der Waals surface area contributed by atoms with Crippen molar-refractivity contribution in [2.24, 2.45) is 5.92 Å². The number of aliphatic hydroxyl groups is 1. The first-order chi connectivity index (χ1) is 19.0. The number of carbonyl (C=O) groups is 1. The van der Waals surface area contributed by atoms with Gasteiger partial charge in [0.2, 0.25) is 0 Å². The zero-order chi connectivity index (χ0) is 29.0. The molecule has 1 heterocycles. The average Bonchev–Trinajstić information content (AvgIpc) is 2.93. The minimum absolute atomic E-state index is 0.0894. The number of carbonyl (C=O) groups excluding carboxylic acids is 1. The number of para-hydroxylation sites is 1. The third-order valence-electron chi connectivity index (χ3n) is 6.92. The van der Waals surface area contributed by atoms with Crippen molar-refractivity contribution in [2.45, 2.75) is 37.4 Å². The summed E-state index contributed by atoms with van der Waals surface area (Å²) in [6.45, 7) is 4.93. The lowest BCUT2D eigenvalue weighted by atomic mass is 9.99. The van der Waals surface area contributed by atoms with Gasteiger partial charge in [0.05, 0.1) is 38.8 Å². The van der Waals surface area contributed by atoms with Gasteiger partial charge in [0.25, 0.3) is 15.9 Å². The van der Waals surface area contributed by atoms with Gasteiger partial charge in [-0.2, -0.15) is 0 Å². The predicted molar refractivity (Wildman–Crippen MR) is 158 cm³/mol. The van der Waals surface area contributed by atoms with Crippen LogP contribution in [-0.2, 0) is 16.6 Å². The molecule has 40 heavy (non-hydrogen) atoms. The summed E-state index contributed by atoms with van der Waals surface area (Å²) in [6, 6.07) is 17.8. The predicted octanol–water partition coefficient (Wildman–Crippen LogP) is 5.15. The van der Waals surface area contributed by atoms with E-state index in [9.17, 15) is 18.3 Å². The molecule has 2 N–H and O–H groups in total. The number of amides is 1. The molecule has 0 aliphatic carbocycles. The summed E-state index contributed by atoms with van der Waals surface area (Å²) in [6.07, 6.45) is -0.421. The molecule has 1 aliphatic rings. The molecule has 3 atom stereocenters.